The van der Waals surface area contributed by atoms with E-state index in [2.05, 4.69) is 0 Å². The summed E-state index contributed by atoms with van der Waals surface area (Å²) in [6, 6.07) is 1.35. The number of rotatable bonds is 0. The first kappa shape index (κ1) is 10.7. The van der Waals surface area contributed by atoms with Crippen LogP contribution in [0.5, 0.6) is 0 Å². The van der Waals surface area contributed by atoms with Gasteiger partial charge in [0.1, 0.15) is 0 Å². The zero-order chi connectivity index (χ0) is 11.1. The molecule has 0 saturated carbocycles. The highest BCUT2D eigenvalue weighted by molar-refractivity contribution is 5.65. The molecule has 0 heterocycles. The Labute approximate surface area is 79.7 Å². The lowest BCUT2D eigenvalue weighted by molar-refractivity contribution is -0.138. The molecule has 0 aliphatic carbocycles. The van der Waals surface area contributed by atoms with Gasteiger partial charge in [0.15, 0.2) is 0 Å². The van der Waals surface area contributed by atoms with Crippen LogP contribution in [0.4, 0.5) is 24.5 Å². The van der Waals surface area contributed by atoms with Gasteiger partial charge in [-0.05, 0) is 31.0 Å². The molecule has 0 saturated heterocycles. The lowest BCUT2D eigenvalue weighted by Gasteiger charge is -2.16. The molecule has 78 valence electrons. The first-order chi connectivity index (χ1) is 6.25. The van der Waals surface area contributed by atoms with Gasteiger partial charge in [-0.15, -0.1) is 0 Å². The van der Waals surface area contributed by atoms with Gasteiger partial charge in [0.2, 0.25) is 0 Å². The second kappa shape index (κ2) is 3.08. The van der Waals surface area contributed by atoms with Crippen LogP contribution in [0.25, 0.3) is 0 Å². The van der Waals surface area contributed by atoms with Gasteiger partial charge in [0.25, 0.3) is 0 Å². The monoisotopic (exact) mass is 204 g/mol. The van der Waals surface area contributed by atoms with Crippen molar-refractivity contribution in [2.75, 3.05) is 11.5 Å². The maximum atomic E-state index is 12.6. The van der Waals surface area contributed by atoms with Crippen molar-refractivity contribution < 1.29 is 13.2 Å². The second-order valence-corrected chi connectivity index (χ2v) is 3.18. The summed E-state index contributed by atoms with van der Waals surface area (Å²) in [4.78, 5) is 0. The summed E-state index contributed by atoms with van der Waals surface area (Å²) in [5.41, 5.74) is 10.3. The van der Waals surface area contributed by atoms with Crippen molar-refractivity contribution in [1.82, 2.24) is 0 Å². The van der Waals surface area contributed by atoms with Gasteiger partial charge in [-0.2, -0.15) is 13.2 Å². The minimum atomic E-state index is -4.41. The third kappa shape index (κ3) is 1.62. The fourth-order valence-electron chi connectivity index (χ4n) is 1.38. The number of halogens is 3. The van der Waals surface area contributed by atoms with Gasteiger partial charge in [-0.1, -0.05) is 0 Å². The van der Waals surface area contributed by atoms with Gasteiger partial charge >= 0.3 is 6.18 Å². The molecule has 0 radical (unpaired) electrons. The van der Waals surface area contributed by atoms with E-state index in [0.29, 0.717) is 0 Å². The molecule has 0 aromatic heterocycles. The summed E-state index contributed by atoms with van der Waals surface area (Å²) < 4.78 is 37.7. The van der Waals surface area contributed by atoms with Crippen molar-refractivity contribution in [2.45, 2.75) is 20.0 Å². The quantitative estimate of drug-likeness (QED) is 0.638. The first-order valence-electron chi connectivity index (χ1n) is 3.97. The van der Waals surface area contributed by atoms with Gasteiger partial charge in [-0.3, -0.25) is 0 Å². The van der Waals surface area contributed by atoms with Crippen LogP contribution in [-0.2, 0) is 6.18 Å². The number of alkyl halides is 3. The van der Waals surface area contributed by atoms with Crippen molar-refractivity contribution in [3.05, 3.63) is 22.8 Å². The molecule has 0 aliphatic heterocycles. The number of hydrogen-bond donors (Lipinski definition) is 2. The Bertz CT molecular complexity index is 343. The Morgan fingerprint density at radius 3 is 1.64 bits per heavy atom. The number of nitrogen functional groups attached to an aromatic ring is 2. The van der Waals surface area contributed by atoms with Gasteiger partial charge < -0.3 is 11.5 Å². The van der Waals surface area contributed by atoms with Crippen LogP contribution in [0, 0.1) is 13.8 Å². The van der Waals surface area contributed by atoms with Crippen LogP contribution in [0.1, 0.15) is 16.7 Å². The van der Waals surface area contributed by atoms with Crippen LogP contribution in [0.3, 0.4) is 0 Å². The Morgan fingerprint density at radius 1 is 1.00 bits per heavy atom. The average molecular weight is 204 g/mol. The smallest absolute Gasteiger partial charge is 0.398 e. The molecule has 0 aliphatic rings. The molecule has 1 aromatic carbocycles. The van der Waals surface area contributed by atoms with E-state index in [1.807, 2.05) is 0 Å². The van der Waals surface area contributed by atoms with Crippen molar-refractivity contribution in [2.24, 2.45) is 0 Å². The van der Waals surface area contributed by atoms with E-state index in [4.69, 9.17) is 11.5 Å². The molecule has 0 bridgehead atoms. The minimum Gasteiger partial charge on any atom is -0.398 e. The third-order valence-electron chi connectivity index (χ3n) is 2.21. The molecule has 14 heavy (non-hydrogen) atoms. The molecule has 4 N–H and O–H groups in total. The molecule has 0 fully saturated rings. The van der Waals surface area contributed by atoms with Crippen molar-refractivity contribution in [3.63, 3.8) is 0 Å². The zero-order valence-electron chi connectivity index (χ0n) is 7.87. The molecule has 0 amide bonds. The van der Waals surface area contributed by atoms with Crippen LogP contribution in [-0.4, -0.2) is 0 Å². The van der Waals surface area contributed by atoms with E-state index in [1.165, 1.54) is 19.9 Å². The van der Waals surface area contributed by atoms with Crippen molar-refractivity contribution >= 4 is 11.4 Å². The Hall–Kier alpha value is -1.39. The lowest BCUT2D eigenvalue weighted by atomic mass is 9.99. The molecular weight excluding hydrogens is 193 g/mol. The van der Waals surface area contributed by atoms with E-state index in [1.54, 1.807) is 0 Å². The van der Waals surface area contributed by atoms with E-state index < -0.39 is 11.7 Å². The normalized spacial score (nSPS) is 11.8. The van der Waals surface area contributed by atoms with Gasteiger partial charge in [0.05, 0.1) is 5.56 Å². The van der Waals surface area contributed by atoms with Crippen LogP contribution >= 0.6 is 0 Å². The van der Waals surface area contributed by atoms with Gasteiger partial charge in [-0.25, -0.2) is 0 Å². The third-order valence-corrected chi connectivity index (χ3v) is 2.21. The second-order valence-electron chi connectivity index (χ2n) is 3.18. The van der Waals surface area contributed by atoms with Crippen LogP contribution in [0.15, 0.2) is 6.07 Å². The highest BCUT2D eigenvalue weighted by atomic mass is 19.4. The standard InChI is InChI=1S/C9H11F3N2/c1-4-6(13)3-7(14)5(2)8(4)9(10,11)12/h3H,13-14H2,1-2H3. The predicted molar refractivity (Wildman–Crippen MR) is 49.7 cm³/mol. The average Bonchev–Trinajstić information content (AvgIpc) is 1.98. The highest BCUT2D eigenvalue weighted by Crippen LogP contribution is 2.38. The Morgan fingerprint density at radius 2 is 1.36 bits per heavy atom. The van der Waals surface area contributed by atoms with E-state index in [0.717, 1.165) is 0 Å². The van der Waals surface area contributed by atoms with Crippen LogP contribution in [0.2, 0.25) is 0 Å². The van der Waals surface area contributed by atoms with Crippen LogP contribution < -0.4 is 11.5 Å². The molecule has 0 unspecified atom stereocenters. The minimum absolute atomic E-state index is 0.0317. The molecule has 5 heteroatoms. The molecule has 1 rings (SSSR count). The van der Waals surface area contributed by atoms with Crippen molar-refractivity contribution in [1.29, 1.82) is 0 Å². The summed E-state index contributed by atoms with van der Waals surface area (Å²) >= 11 is 0. The topological polar surface area (TPSA) is 52.0 Å². The summed E-state index contributed by atoms with van der Waals surface area (Å²) in [6.07, 6.45) is -4.41. The maximum Gasteiger partial charge on any atom is 0.417 e. The maximum absolute atomic E-state index is 12.6. The molecule has 2 nitrogen and oxygen atoms in total. The lowest BCUT2D eigenvalue weighted by Crippen LogP contribution is -2.13. The van der Waals surface area contributed by atoms with E-state index in [-0.39, 0.29) is 22.5 Å². The summed E-state index contributed by atoms with van der Waals surface area (Å²) in [5, 5.41) is 0. The summed E-state index contributed by atoms with van der Waals surface area (Å²) in [5.74, 6) is 0. The summed E-state index contributed by atoms with van der Waals surface area (Å²) in [7, 11) is 0. The zero-order valence-corrected chi connectivity index (χ0v) is 7.87. The summed E-state index contributed by atoms with van der Waals surface area (Å²) in [6.45, 7) is 2.68. The highest BCUT2D eigenvalue weighted by Gasteiger charge is 2.35. The Kier molecular flexibility index (Phi) is 2.35. The van der Waals surface area contributed by atoms with Crippen molar-refractivity contribution in [3.8, 4) is 0 Å². The molecule has 0 spiro atoms. The van der Waals surface area contributed by atoms with E-state index >= 15 is 0 Å². The number of benzene rings is 1. The molecule has 1 aromatic rings. The Balaban J connectivity index is 3.56. The SMILES string of the molecule is Cc1c(N)cc(N)c(C)c1C(F)(F)F. The number of nitrogens with two attached hydrogens (primary N) is 2. The first-order valence-corrected chi connectivity index (χ1v) is 3.97. The number of hydrogen-bond acceptors (Lipinski definition) is 2. The fraction of sp³-hybridized carbons (Fsp3) is 0.333. The largest absolute Gasteiger partial charge is 0.417 e. The number of anilines is 2. The molecule has 0 atom stereocenters. The predicted octanol–water partition coefficient (Wildman–Crippen LogP) is 2.49. The molecular formula is C9H11F3N2. The van der Waals surface area contributed by atoms with Gasteiger partial charge in [0, 0.05) is 11.4 Å². The fourth-order valence-corrected chi connectivity index (χ4v) is 1.38. The van der Waals surface area contributed by atoms with E-state index in [9.17, 15) is 13.2 Å².